The molecule has 0 aliphatic heterocycles. The van der Waals surface area contributed by atoms with Crippen LogP contribution in [0.5, 0.6) is 0 Å². The highest BCUT2D eigenvalue weighted by Crippen LogP contribution is 2.31. The lowest BCUT2D eigenvalue weighted by Gasteiger charge is -1.98. The van der Waals surface area contributed by atoms with Crippen LogP contribution in [0, 0.1) is 0 Å². The Morgan fingerprint density at radius 2 is 2.06 bits per heavy atom. The summed E-state index contributed by atoms with van der Waals surface area (Å²) in [6, 6.07) is 6.65. The Morgan fingerprint density at radius 1 is 1.38 bits per heavy atom. The summed E-state index contributed by atoms with van der Waals surface area (Å²) in [5.41, 5.74) is 0.279. The van der Waals surface area contributed by atoms with Gasteiger partial charge in [-0.15, -0.1) is 11.3 Å². The van der Waals surface area contributed by atoms with E-state index < -0.39 is 5.97 Å². The zero-order valence-electron chi connectivity index (χ0n) is 7.88. The maximum Gasteiger partial charge on any atom is 0.335 e. The molecule has 2 aromatic rings. The first kappa shape index (κ1) is 11.4. The Morgan fingerprint density at radius 3 is 2.56 bits per heavy atom. The standard InChI is InChI=1S/C10H6ClNO2S2/c11-8-5-15-10(12-8)16-7-3-1-6(2-4-7)9(13)14/h1-5H,(H,13,14). The Hall–Kier alpha value is -1.04. The molecule has 2 rings (SSSR count). The van der Waals surface area contributed by atoms with Crippen LogP contribution in [0.3, 0.4) is 0 Å². The van der Waals surface area contributed by atoms with Gasteiger partial charge in [0.2, 0.25) is 0 Å². The Balaban J connectivity index is 2.14. The topological polar surface area (TPSA) is 50.2 Å². The van der Waals surface area contributed by atoms with Gasteiger partial charge in [-0.25, -0.2) is 9.78 Å². The summed E-state index contributed by atoms with van der Waals surface area (Å²) in [5, 5.41) is 11.0. The number of benzene rings is 1. The number of nitrogens with zero attached hydrogens (tertiary/aromatic N) is 1. The van der Waals surface area contributed by atoms with Crippen molar-refractivity contribution in [3.8, 4) is 0 Å². The summed E-state index contributed by atoms with van der Waals surface area (Å²) in [5.74, 6) is -0.922. The van der Waals surface area contributed by atoms with Gasteiger partial charge >= 0.3 is 5.97 Å². The van der Waals surface area contributed by atoms with Gasteiger partial charge in [0.05, 0.1) is 5.56 Å². The first-order chi connectivity index (χ1) is 7.65. The van der Waals surface area contributed by atoms with Gasteiger partial charge in [0, 0.05) is 10.3 Å². The fourth-order valence-electron chi connectivity index (χ4n) is 1.05. The third-order valence-corrected chi connectivity index (χ3v) is 4.03. The molecule has 0 amide bonds. The zero-order chi connectivity index (χ0) is 11.5. The summed E-state index contributed by atoms with van der Waals surface area (Å²) in [6.45, 7) is 0. The molecule has 1 aromatic heterocycles. The molecule has 0 aliphatic carbocycles. The molecule has 3 nitrogen and oxygen atoms in total. The minimum Gasteiger partial charge on any atom is -0.478 e. The number of rotatable bonds is 3. The van der Waals surface area contributed by atoms with Crippen LogP contribution in [-0.4, -0.2) is 16.1 Å². The van der Waals surface area contributed by atoms with Gasteiger partial charge in [0.1, 0.15) is 5.15 Å². The van der Waals surface area contributed by atoms with E-state index in [2.05, 4.69) is 4.98 Å². The van der Waals surface area contributed by atoms with Crippen molar-refractivity contribution >= 4 is 40.7 Å². The van der Waals surface area contributed by atoms with Crippen molar-refractivity contribution in [1.29, 1.82) is 0 Å². The molecule has 0 bridgehead atoms. The van der Waals surface area contributed by atoms with Gasteiger partial charge in [-0.1, -0.05) is 23.4 Å². The number of hydrogen-bond acceptors (Lipinski definition) is 4. The smallest absolute Gasteiger partial charge is 0.335 e. The van der Waals surface area contributed by atoms with Gasteiger partial charge in [-0.3, -0.25) is 0 Å². The second kappa shape index (κ2) is 4.86. The SMILES string of the molecule is O=C(O)c1ccc(Sc2nc(Cl)cs2)cc1. The highest BCUT2D eigenvalue weighted by molar-refractivity contribution is 8.01. The molecule has 0 unspecified atom stereocenters. The molecule has 16 heavy (non-hydrogen) atoms. The van der Waals surface area contributed by atoms with Crippen LogP contribution in [0.1, 0.15) is 10.4 Å². The van der Waals surface area contributed by atoms with Crippen LogP contribution < -0.4 is 0 Å². The summed E-state index contributed by atoms with van der Waals surface area (Å²) in [6.07, 6.45) is 0. The summed E-state index contributed by atoms with van der Waals surface area (Å²) >= 11 is 8.62. The van der Waals surface area contributed by atoms with E-state index in [1.807, 2.05) is 0 Å². The second-order valence-electron chi connectivity index (χ2n) is 2.87. The molecule has 6 heteroatoms. The number of carboxylic acids is 1. The van der Waals surface area contributed by atoms with Crippen molar-refractivity contribution in [3.63, 3.8) is 0 Å². The molecular formula is C10H6ClNO2S2. The van der Waals surface area contributed by atoms with E-state index in [1.165, 1.54) is 23.1 Å². The first-order valence-electron chi connectivity index (χ1n) is 4.27. The number of carboxylic acid groups (broad SMARTS) is 1. The highest BCUT2D eigenvalue weighted by atomic mass is 35.5. The lowest BCUT2D eigenvalue weighted by Crippen LogP contribution is -1.94. The second-order valence-corrected chi connectivity index (χ2v) is 5.43. The van der Waals surface area contributed by atoms with Crippen molar-refractivity contribution in [1.82, 2.24) is 4.98 Å². The van der Waals surface area contributed by atoms with Gasteiger partial charge in [0.15, 0.2) is 4.34 Å². The van der Waals surface area contributed by atoms with Gasteiger partial charge in [0.25, 0.3) is 0 Å². The molecule has 0 atom stereocenters. The number of aromatic nitrogens is 1. The number of carbonyl (C=O) groups is 1. The largest absolute Gasteiger partial charge is 0.478 e. The van der Waals surface area contributed by atoms with E-state index >= 15 is 0 Å². The average molecular weight is 272 g/mol. The molecule has 0 spiro atoms. The molecule has 0 saturated carbocycles. The Kier molecular flexibility index (Phi) is 3.48. The average Bonchev–Trinajstić information content (AvgIpc) is 2.65. The van der Waals surface area contributed by atoms with Gasteiger partial charge in [-0.2, -0.15) is 0 Å². The van der Waals surface area contributed by atoms with E-state index in [0.717, 1.165) is 9.24 Å². The van der Waals surface area contributed by atoms with Crippen LogP contribution in [0.4, 0.5) is 0 Å². The summed E-state index contributed by atoms with van der Waals surface area (Å²) < 4.78 is 0.841. The van der Waals surface area contributed by atoms with Crippen molar-refractivity contribution < 1.29 is 9.90 Å². The van der Waals surface area contributed by atoms with E-state index in [1.54, 1.807) is 29.6 Å². The van der Waals surface area contributed by atoms with Crippen LogP contribution in [0.25, 0.3) is 0 Å². The third kappa shape index (κ3) is 2.75. The van der Waals surface area contributed by atoms with E-state index in [-0.39, 0.29) is 5.56 Å². The van der Waals surface area contributed by atoms with E-state index in [0.29, 0.717) is 5.15 Å². The molecule has 0 saturated heterocycles. The maximum absolute atomic E-state index is 10.6. The lowest BCUT2D eigenvalue weighted by molar-refractivity contribution is 0.0697. The lowest BCUT2D eigenvalue weighted by atomic mass is 10.2. The van der Waals surface area contributed by atoms with E-state index in [4.69, 9.17) is 16.7 Å². The molecular weight excluding hydrogens is 266 g/mol. The minimum atomic E-state index is -0.922. The zero-order valence-corrected chi connectivity index (χ0v) is 10.3. The Labute approximate surface area is 105 Å². The Bertz CT molecular complexity index is 510. The van der Waals surface area contributed by atoms with Crippen LogP contribution in [-0.2, 0) is 0 Å². The fraction of sp³-hybridized carbons (Fsp3) is 0. The number of thiazole rings is 1. The van der Waals surface area contributed by atoms with Crippen molar-refractivity contribution in [2.45, 2.75) is 9.24 Å². The van der Waals surface area contributed by atoms with Gasteiger partial charge < -0.3 is 5.11 Å². The molecule has 1 aromatic carbocycles. The molecule has 0 aliphatic rings. The van der Waals surface area contributed by atoms with Crippen molar-refractivity contribution in [2.75, 3.05) is 0 Å². The number of halogens is 1. The van der Waals surface area contributed by atoms with Gasteiger partial charge in [-0.05, 0) is 24.3 Å². The highest BCUT2D eigenvalue weighted by Gasteiger charge is 2.05. The monoisotopic (exact) mass is 271 g/mol. The summed E-state index contributed by atoms with van der Waals surface area (Å²) in [7, 11) is 0. The minimum absolute atomic E-state index is 0.279. The van der Waals surface area contributed by atoms with Crippen molar-refractivity contribution in [2.24, 2.45) is 0 Å². The van der Waals surface area contributed by atoms with Crippen LogP contribution in [0.15, 0.2) is 38.9 Å². The molecule has 0 radical (unpaired) electrons. The van der Waals surface area contributed by atoms with E-state index in [9.17, 15) is 4.79 Å². The predicted molar refractivity (Wildman–Crippen MR) is 64.6 cm³/mol. The van der Waals surface area contributed by atoms with Crippen LogP contribution in [0.2, 0.25) is 5.15 Å². The quantitative estimate of drug-likeness (QED) is 0.926. The normalized spacial score (nSPS) is 10.3. The predicted octanol–water partition coefficient (Wildman–Crippen LogP) is 3.65. The maximum atomic E-state index is 10.6. The molecule has 0 fully saturated rings. The molecule has 82 valence electrons. The fourth-order valence-corrected chi connectivity index (χ4v) is 3.02. The summed E-state index contributed by atoms with van der Waals surface area (Å²) in [4.78, 5) is 15.7. The van der Waals surface area contributed by atoms with Crippen LogP contribution >= 0.6 is 34.7 Å². The number of aromatic carboxylic acids is 1. The first-order valence-corrected chi connectivity index (χ1v) is 6.35. The molecule has 1 heterocycles. The third-order valence-electron chi connectivity index (χ3n) is 1.76. The number of hydrogen-bond donors (Lipinski definition) is 1. The van der Waals surface area contributed by atoms with Crippen molar-refractivity contribution in [3.05, 3.63) is 40.4 Å². The molecule has 1 N–H and O–H groups in total.